The predicted octanol–water partition coefficient (Wildman–Crippen LogP) is 1.51. The van der Waals surface area contributed by atoms with Gasteiger partial charge in [0.15, 0.2) is 11.5 Å². The van der Waals surface area contributed by atoms with Gasteiger partial charge in [-0.25, -0.2) is 0 Å². The standard InChI is InChI=1S/C16H22N4O3/c1-11-7-17-20(8-11)9-14-6-15(19-23-14)16(22)18-13-4-2-12(10-21)3-5-13/h6-8,12-13,21H,2-5,9-10H2,1H3,(H,18,22). The number of nitrogens with zero attached hydrogens (tertiary/aromatic N) is 3. The summed E-state index contributed by atoms with van der Waals surface area (Å²) in [6.07, 6.45) is 7.37. The van der Waals surface area contributed by atoms with E-state index in [9.17, 15) is 4.79 Å². The average Bonchev–Trinajstić information content (AvgIpc) is 3.18. The molecule has 3 rings (SSSR count). The van der Waals surface area contributed by atoms with Gasteiger partial charge in [-0.05, 0) is 44.1 Å². The largest absolute Gasteiger partial charge is 0.396 e. The van der Waals surface area contributed by atoms with Crippen LogP contribution >= 0.6 is 0 Å². The molecule has 23 heavy (non-hydrogen) atoms. The van der Waals surface area contributed by atoms with Crippen molar-refractivity contribution < 1.29 is 14.4 Å². The number of aryl methyl sites for hydroxylation is 1. The average molecular weight is 318 g/mol. The zero-order chi connectivity index (χ0) is 16.2. The van der Waals surface area contributed by atoms with Crippen molar-refractivity contribution in [3.05, 3.63) is 35.5 Å². The minimum Gasteiger partial charge on any atom is -0.396 e. The number of carbonyl (C=O) groups is 1. The molecular formula is C16H22N4O3. The molecule has 1 aliphatic rings. The van der Waals surface area contributed by atoms with Crippen LogP contribution in [0.1, 0.15) is 47.5 Å². The molecule has 2 aromatic heterocycles. The van der Waals surface area contributed by atoms with Gasteiger partial charge in [-0.3, -0.25) is 9.48 Å². The number of aromatic nitrogens is 3. The molecule has 0 spiro atoms. The lowest BCUT2D eigenvalue weighted by Crippen LogP contribution is -2.38. The molecule has 124 valence electrons. The number of nitrogens with one attached hydrogen (secondary N) is 1. The van der Waals surface area contributed by atoms with E-state index in [1.54, 1.807) is 16.9 Å². The third-order valence-electron chi connectivity index (χ3n) is 4.31. The highest BCUT2D eigenvalue weighted by Crippen LogP contribution is 2.23. The Bertz CT molecular complexity index is 656. The van der Waals surface area contributed by atoms with Crippen molar-refractivity contribution in [2.75, 3.05) is 6.61 Å². The molecule has 0 radical (unpaired) electrons. The SMILES string of the molecule is Cc1cnn(Cc2cc(C(=O)NC3CCC(CO)CC3)no2)c1. The van der Waals surface area contributed by atoms with E-state index in [0.717, 1.165) is 31.2 Å². The molecule has 1 aliphatic carbocycles. The van der Waals surface area contributed by atoms with Crippen molar-refractivity contribution in [3.63, 3.8) is 0 Å². The van der Waals surface area contributed by atoms with Crippen molar-refractivity contribution in [1.82, 2.24) is 20.3 Å². The second kappa shape index (κ2) is 6.95. The van der Waals surface area contributed by atoms with E-state index in [-0.39, 0.29) is 18.6 Å². The van der Waals surface area contributed by atoms with Crippen LogP contribution in [0.4, 0.5) is 0 Å². The van der Waals surface area contributed by atoms with E-state index in [0.29, 0.717) is 23.9 Å². The van der Waals surface area contributed by atoms with Gasteiger partial charge in [0.25, 0.3) is 5.91 Å². The molecule has 0 bridgehead atoms. The molecule has 1 saturated carbocycles. The Labute approximate surface area is 134 Å². The molecule has 0 unspecified atom stereocenters. The van der Waals surface area contributed by atoms with Crippen LogP contribution in [0.5, 0.6) is 0 Å². The molecule has 0 atom stereocenters. The van der Waals surface area contributed by atoms with Crippen LogP contribution < -0.4 is 5.32 Å². The highest BCUT2D eigenvalue weighted by atomic mass is 16.5. The van der Waals surface area contributed by atoms with E-state index in [1.807, 2.05) is 13.1 Å². The molecule has 0 aliphatic heterocycles. The molecule has 7 nitrogen and oxygen atoms in total. The highest BCUT2D eigenvalue weighted by Gasteiger charge is 2.23. The van der Waals surface area contributed by atoms with Gasteiger partial charge in [0.2, 0.25) is 0 Å². The van der Waals surface area contributed by atoms with Crippen molar-refractivity contribution in [2.24, 2.45) is 5.92 Å². The van der Waals surface area contributed by atoms with Crippen LogP contribution in [0.2, 0.25) is 0 Å². The first kappa shape index (κ1) is 15.7. The fraction of sp³-hybridized carbons (Fsp3) is 0.562. The smallest absolute Gasteiger partial charge is 0.273 e. The van der Waals surface area contributed by atoms with E-state index >= 15 is 0 Å². The molecule has 1 fully saturated rings. The first-order valence-corrected chi connectivity index (χ1v) is 8.00. The van der Waals surface area contributed by atoms with E-state index in [2.05, 4.69) is 15.6 Å². The summed E-state index contributed by atoms with van der Waals surface area (Å²) < 4.78 is 6.96. The summed E-state index contributed by atoms with van der Waals surface area (Å²) in [4.78, 5) is 12.2. The number of amides is 1. The summed E-state index contributed by atoms with van der Waals surface area (Å²) in [6, 6.07) is 1.81. The van der Waals surface area contributed by atoms with E-state index in [4.69, 9.17) is 9.63 Å². The van der Waals surface area contributed by atoms with Crippen LogP contribution in [0, 0.1) is 12.8 Å². The summed E-state index contributed by atoms with van der Waals surface area (Å²) in [5.74, 6) is 0.769. The predicted molar refractivity (Wildman–Crippen MR) is 82.9 cm³/mol. The Balaban J connectivity index is 1.54. The van der Waals surface area contributed by atoms with Gasteiger partial charge in [0.05, 0.1) is 6.20 Å². The summed E-state index contributed by atoms with van der Waals surface area (Å²) in [5.41, 5.74) is 1.37. The van der Waals surface area contributed by atoms with Crippen molar-refractivity contribution >= 4 is 5.91 Å². The lowest BCUT2D eigenvalue weighted by Gasteiger charge is -2.27. The van der Waals surface area contributed by atoms with Gasteiger partial charge in [0, 0.05) is 24.9 Å². The van der Waals surface area contributed by atoms with Gasteiger partial charge in [-0.2, -0.15) is 5.10 Å². The first-order chi connectivity index (χ1) is 11.1. The summed E-state index contributed by atoms with van der Waals surface area (Å²) in [6.45, 7) is 2.66. The third-order valence-corrected chi connectivity index (χ3v) is 4.31. The Hall–Kier alpha value is -2.15. The van der Waals surface area contributed by atoms with E-state index in [1.165, 1.54) is 0 Å². The second-order valence-corrected chi connectivity index (χ2v) is 6.27. The van der Waals surface area contributed by atoms with Crippen LogP contribution in [0.25, 0.3) is 0 Å². The summed E-state index contributed by atoms with van der Waals surface area (Å²) >= 11 is 0. The van der Waals surface area contributed by atoms with Crippen LogP contribution in [-0.2, 0) is 6.54 Å². The maximum atomic E-state index is 12.2. The molecule has 2 N–H and O–H groups in total. The minimum atomic E-state index is -0.205. The molecule has 2 heterocycles. The number of aliphatic hydroxyl groups is 1. The number of aliphatic hydroxyl groups excluding tert-OH is 1. The quantitative estimate of drug-likeness (QED) is 0.871. The third kappa shape index (κ3) is 3.98. The molecule has 2 aromatic rings. The maximum Gasteiger partial charge on any atom is 0.273 e. The van der Waals surface area contributed by atoms with Crippen molar-refractivity contribution in [3.8, 4) is 0 Å². The van der Waals surface area contributed by atoms with Crippen LogP contribution in [-0.4, -0.2) is 38.6 Å². The van der Waals surface area contributed by atoms with Gasteiger partial charge < -0.3 is 14.9 Å². The normalized spacial score (nSPS) is 21.3. The van der Waals surface area contributed by atoms with Gasteiger partial charge >= 0.3 is 0 Å². The number of hydrogen-bond donors (Lipinski definition) is 2. The van der Waals surface area contributed by atoms with E-state index < -0.39 is 0 Å². The van der Waals surface area contributed by atoms with Gasteiger partial charge in [-0.15, -0.1) is 0 Å². The first-order valence-electron chi connectivity index (χ1n) is 8.00. The topological polar surface area (TPSA) is 93.2 Å². The Kier molecular flexibility index (Phi) is 4.76. The number of rotatable bonds is 5. The number of hydrogen-bond acceptors (Lipinski definition) is 5. The fourth-order valence-electron chi connectivity index (χ4n) is 2.96. The Morgan fingerprint density at radius 3 is 2.87 bits per heavy atom. The molecule has 7 heteroatoms. The molecular weight excluding hydrogens is 296 g/mol. The Morgan fingerprint density at radius 2 is 2.22 bits per heavy atom. The Morgan fingerprint density at radius 1 is 1.43 bits per heavy atom. The summed E-state index contributed by atoms with van der Waals surface area (Å²) in [7, 11) is 0. The van der Waals surface area contributed by atoms with Crippen molar-refractivity contribution in [1.29, 1.82) is 0 Å². The second-order valence-electron chi connectivity index (χ2n) is 6.27. The highest BCUT2D eigenvalue weighted by molar-refractivity contribution is 5.92. The lowest BCUT2D eigenvalue weighted by atomic mass is 9.86. The lowest BCUT2D eigenvalue weighted by molar-refractivity contribution is 0.0905. The zero-order valence-electron chi connectivity index (χ0n) is 13.2. The van der Waals surface area contributed by atoms with Crippen molar-refractivity contribution in [2.45, 2.75) is 45.2 Å². The van der Waals surface area contributed by atoms with Crippen LogP contribution in [0.15, 0.2) is 23.0 Å². The van der Waals surface area contributed by atoms with Gasteiger partial charge in [0.1, 0.15) is 6.54 Å². The van der Waals surface area contributed by atoms with Crippen LogP contribution in [0.3, 0.4) is 0 Å². The maximum absolute atomic E-state index is 12.2. The molecule has 0 aromatic carbocycles. The number of carbonyl (C=O) groups excluding carboxylic acids is 1. The summed E-state index contributed by atoms with van der Waals surface area (Å²) in [5, 5.41) is 20.2. The fourth-order valence-corrected chi connectivity index (χ4v) is 2.96. The zero-order valence-corrected chi connectivity index (χ0v) is 13.2. The monoisotopic (exact) mass is 318 g/mol. The van der Waals surface area contributed by atoms with Gasteiger partial charge in [-0.1, -0.05) is 5.16 Å². The minimum absolute atomic E-state index is 0.152. The molecule has 1 amide bonds. The molecule has 0 saturated heterocycles.